The third-order valence-electron chi connectivity index (χ3n) is 1.65. The normalized spacial score (nSPS) is 11.3. The van der Waals surface area contributed by atoms with Crippen molar-refractivity contribution >= 4 is 5.97 Å². The Morgan fingerprint density at radius 3 is 2.50 bits per heavy atom. The minimum atomic E-state index is -0.152. The molecule has 0 aliphatic rings. The number of rotatable bonds is 7. The molecule has 0 fully saturated rings. The molecule has 0 radical (unpaired) electrons. The fourth-order valence-corrected chi connectivity index (χ4v) is 0.955. The predicted molar refractivity (Wildman–Crippen MR) is 59.1 cm³/mol. The first kappa shape index (κ1) is 12.9. The van der Waals surface area contributed by atoms with Crippen LogP contribution in [-0.2, 0) is 9.53 Å². The highest BCUT2D eigenvalue weighted by Gasteiger charge is 1.94. The molecule has 0 rings (SSSR count). The molecule has 80 valence electrons. The van der Waals surface area contributed by atoms with Gasteiger partial charge in [-0.25, -0.2) is 0 Å². The van der Waals surface area contributed by atoms with Crippen LogP contribution in [0.1, 0.15) is 39.5 Å². The van der Waals surface area contributed by atoms with E-state index < -0.39 is 0 Å². The van der Waals surface area contributed by atoms with Crippen molar-refractivity contribution in [3.05, 3.63) is 24.3 Å². The standard InChI is InChI=1S/C12H20O2/c1-3-5-6-7-8-9-10-11-12(13)14-4-2/h6-7,9-10H,3-5,8,11H2,1-2H3/b7-6+,10-9+. The van der Waals surface area contributed by atoms with Crippen molar-refractivity contribution in [2.24, 2.45) is 0 Å². The lowest BCUT2D eigenvalue weighted by Crippen LogP contribution is -2.01. The molecule has 0 aromatic rings. The summed E-state index contributed by atoms with van der Waals surface area (Å²) < 4.78 is 4.78. The average Bonchev–Trinajstić information content (AvgIpc) is 2.17. The van der Waals surface area contributed by atoms with Crippen LogP contribution in [0.3, 0.4) is 0 Å². The largest absolute Gasteiger partial charge is 0.466 e. The van der Waals surface area contributed by atoms with Gasteiger partial charge in [-0.3, -0.25) is 4.79 Å². The van der Waals surface area contributed by atoms with Gasteiger partial charge in [0.05, 0.1) is 13.0 Å². The van der Waals surface area contributed by atoms with Gasteiger partial charge in [0, 0.05) is 0 Å². The zero-order chi connectivity index (χ0) is 10.6. The quantitative estimate of drug-likeness (QED) is 0.461. The maximum Gasteiger partial charge on any atom is 0.309 e. The molecule has 0 N–H and O–H groups in total. The third-order valence-corrected chi connectivity index (χ3v) is 1.65. The van der Waals surface area contributed by atoms with Gasteiger partial charge in [-0.2, -0.15) is 0 Å². The van der Waals surface area contributed by atoms with E-state index in [0.717, 1.165) is 12.8 Å². The summed E-state index contributed by atoms with van der Waals surface area (Å²) in [5.74, 6) is -0.152. The summed E-state index contributed by atoms with van der Waals surface area (Å²) >= 11 is 0. The Morgan fingerprint density at radius 1 is 1.14 bits per heavy atom. The molecule has 0 aromatic heterocycles. The lowest BCUT2D eigenvalue weighted by Gasteiger charge is -1.95. The number of unbranched alkanes of at least 4 members (excludes halogenated alkanes) is 1. The van der Waals surface area contributed by atoms with Crippen LogP contribution >= 0.6 is 0 Å². The topological polar surface area (TPSA) is 26.3 Å². The summed E-state index contributed by atoms with van der Waals surface area (Å²) in [5, 5.41) is 0. The third kappa shape index (κ3) is 9.04. The summed E-state index contributed by atoms with van der Waals surface area (Å²) in [6.45, 7) is 4.43. The van der Waals surface area contributed by atoms with E-state index in [1.807, 2.05) is 19.1 Å². The Hall–Kier alpha value is -1.05. The molecule has 14 heavy (non-hydrogen) atoms. The predicted octanol–water partition coefficient (Wildman–Crippen LogP) is 3.24. The molecule has 0 spiro atoms. The highest BCUT2D eigenvalue weighted by molar-refractivity contribution is 5.71. The number of esters is 1. The Morgan fingerprint density at radius 2 is 1.86 bits per heavy atom. The molecular formula is C12H20O2. The van der Waals surface area contributed by atoms with E-state index in [1.165, 1.54) is 6.42 Å². The summed E-state index contributed by atoms with van der Waals surface area (Å²) in [6.07, 6.45) is 11.7. The highest BCUT2D eigenvalue weighted by atomic mass is 16.5. The van der Waals surface area contributed by atoms with Crippen molar-refractivity contribution < 1.29 is 9.53 Å². The molecule has 0 bridgehead atoms. The van der Waals surface area contributed by atoms with Crippen molar-refractivity contribution in [1.82, 2.24) is 0 Å². The molecule has 2 heteroatoms. The van der Waals surface area contributed by atoms with E-state index in [0.29, 0.717) is 13.0 Å². The summed E-state index contributed by atoms with van der Waals surface area (Å²) in [6, 6.07) is 0. The van der Waals surface area contributed by atoms with Gasteiger partial charge in [0.1, 0.15) is 0 Å². The van der Waals surface area contributed by atoms with Crippen LogP contribution in [0.15, 0.2) is 24.3 Å². The SMILES string of the molecule is CCC/C=C/C/C=C/CC(=O)OCC. The van der Waals surface area contributed by atoms with Crippen molar-refractivity contribution in [1.29, 1.82) is 0 Å². The second-order valence-corrected chi connectivity index (χ2v) is 2.98. The van der Waals surface area contributed by atoms with Gasteiger partial charge in [-0.1, -0.05) is 37.6 Å². The maximum absolute atomic E-state index is 10.9. The zero-order valence-corrected chi connectivity index (χ0v) is 9.16. The van der Waals surface area contributed by atoms with Gasteiger partial charge in [-0.05, 0) is 19.8 Å². The summed E-state index contributed by atoms with van der Waals surface area (Å²) in [5.41, 5.74) is 0. The molecule has 0 amide bonds. The Balaban J connectivity index is 3.39. The van der Waals surface area contributed by atoms with Crippen LogP contribution in [0.5, 0.6) is 0 Å². The van der Waals surface area contributed by atoms with Gasteiger partial charge < -0.3 is 4.74 Å². The zero-order valence-electron chi connectivity index (χ0n) is 9.16. The van der Waals surface area contributed by atoms with Crippen molar-refractivity contribution in [3.8, 4) is 0 Å². The van der Waals surface area contributed by atoms with E-state index in [1.54, 1.807) is 0 Å². The molecule has 0 heterocycles. The van der Waals surface area contributed by atoms with Crippen LogP contribution < -0.4 is 0 Å². The van der Waals surface area contributed by atoms with E-state index in [9.17, 15) is 4.79 Å². The number of allylic oxidation sites excluding steroid dienone is 3. The van der Waals surface area contributed by atoms with E-state index in [2.05, 4.69) is 19.1 Å². The fourth-order valence-electron chi connectivity index (χ4n) is 0.955. The Labute approximate surface area is 86.6 Å². The average molecular weight is 196 g/mol. The maximum atomic E-state index is 10.9. The number of hydrogen-bond acceptors (Lipinski definition) is 2. The van der Waals surface area contributed by atoms with Crippen LogP contribution in [0, 0.1) is 0 Å². The second kappa shape index (κ2) is 10.0. The minimum Gasteiger partial charge on any atom is -0.466 e. The smallest absolute Gasteiger partial charge is 0.309 e. The first-order chi connectivity index (χ1) is 6.81. The summed E-state index contributed by atoms with van der Waals surface area (Å²) in [4.78, 5) is 10.9. The van der Waals surface area contributed by atoms with Crippen LogP contribution in [0.4, 0.5) is 0 Å². The van der Waals surface area contributed by atoms with Gasteiger partial charge in [0.15, 0.2) is 0 Å². The molecule has 2 nitrogen and oxygen atoms in total. The van der Waals surface area contributed by atoms with Gasteiger partial charge in [-0.15, -0.1) is 0 Å². The lowest BCUT2D eigenvalue weighted by atomic mass is 10.2. The monoisotopic (exact) mass is 196 g/mol. The second-order valence-electron chi connectivity index (χ2n) is 2.98. The van der Waals surface area contributed by atoms with Gasteiger partial charge in [0.2, 0.25) is 0 Å². The van der Waals surface area contributed by atoms with Gasteiger partial charge in [0.25, 0.3) is 0 Å². The summed E-state index contributed by atoms with van der Waals surface area (Å²) in [7, 11) is 0. The molecule has 0 saturated heterocycles. The fraction of sp³-hybridized carbons (Fsp3) is 0.583. The number of hydrogen-bond donors (Lipinski definition) is 0. The van der Waals surface area contributed by atoms with Crippen LogP contribution in [0.2, 0.25) is 0 Å². The van der Waals surface area contributed by atoms with Crippen LogP contribution in [-0.4, -0.2) is 12.6 Å². The van der Waals surface area contributed by atoms with Crippen molar-refractivity contribution in [3.63, 3.8) is 0 Å². The first-order valence-corrected chi connectivity index (χ1v) is 5.26. The number of carbonyl (C=O) groups excluding carboxylic acids is 1. The van der Waals surface area contributed by atoms with E-state index in [4.69, 9.17) is 4.74 Å². The molecule has 0 aliphatic carbocycles. The van der Waals surface area contributed by atoms with E-state index >= 15 is 0 Å². The first-order valence-electron chi connectivity index (χ1n) is 5.26. The van der Waals surface area contributed by atoms with Crippen molar-refractivity contribution in [2.45, 2.75) is 39.5 Å². The molecule has 0 atom stereocenters. The Kier molecular flexibility index (Phi) is 9.28. The molecule has 0 unspecified atom stereocenters. The van der Waals surface area contributed by atoms with Gasteiger partial charge >= 0.3 is 5.97 Å². The molecular weight excluding hydrogens is 176 g/mol. The molecule has 0 aromatic carbocycles. The van der Waals surface area contributed by atoms with E-state index in [-0.39, 0.29) is 5.97 Å². The Bertz CT molecular complexity index is 192. The molecule has 0 saturated carbocycles. The molecule has 0 aliphatic heterocycles. The van der Waals surface area contributed by atoms with Crippen molar-refractivity contribution in [2.75, 3.05) is 6.61 Å². The minimum absolute atomic E-state index is 0.152. The number of ether oxygens (including phenoxy) is 1. The number of carbonyl (C=O) groups is 1. The van der Waals surface area contributed by atoms with Crippen LogP contribution in [0.25, 0.3) is 0 Å². The highest BCUT2D eigenvalue weighted by Crippen LogP contribution is 1.94. The lowest BCUT2D eigenvalue weighted by molar-refractivity contribution is -0.142.